The second-order valence-electron chi connectivity index (χ2n) is 4.20. The first-order valence-electron chi connectivity index (χ1n) is 6.18. The van der Waals surface area contributed by atoms with Gasteiger partial charge in [0.15, 0.2) is 0 Å². The van der Waals surface area contributed by atoms with Crippen molar-refractivity contribution in [1.82, 2.24) is 0 Å². The van der Waals surface area contributed by atoms with Gasteiger partial charge in [-0.1, -0.05) is 28.1 Å². The van der Waals surface area contributed by atoms with Gasteiger partial charge in [0, 0.05) is 10.9 Å². The highest BCUT2D eigenvalue weighted by Gasteiger charge is 2.04. The summed E-state index contributed by atoms with van der Waals surface area (Å²) in [6, 6.07) is 15.4. The number of rotatable bonds is 5. The van der Waals surface area contributed by atoms with E-state index in [1.165, 1.54) is 5.56 Å². The van der Waals surface area contributed by atoms with Crippen molar-refractivity contribution < 1.29 is 9.47 Å². The zero-order valence-corrected chi connectivity index (χ0v) is 12.7. The van der Waals surface area contributed by atoms with Crippen LogP contribution >= 0.6 is 15.9 Å². The largest absolute Gasteiger partial charge is 0.497 e. The highest BCUT2D eigenvalue weighted by molar-refractivity contribution is 9.10. The fraction of sp³-hybridized carbons (Fsp3) is 0.188. The molecule has 0 fully saturated rings. The molecule has 0 saturated carbocycles. The lowest BCUT2D eigenvalue weighted by Gasteiger charge is -2.08. The van der Waals surface area contributed by atoms with Crippen LogP contribution in [0.15, 0.2) is 46.9 Å². The first kappa shape index (κ1) is 14.4. The van der Waals surface area contributed by atoms with E-state index in [2.05, 4.69) is 22.0 Å². The minimum absolute atomic E-state index is 0.530. The van der Waals surface area contributed by atoms with Crippen LogP contribution < -0.4 is 9.47 Å². The van der Waals surface area contributed by atoms with E-state index in [4.69, 9.17) is 14.7 Å². The minimum atomic E-state index is 0.530. The summed E-state index contributed by atoms with van der Waals surface area (Å²) in [6.07, 6.45) is 0.783. The number of methoxy groups -OCH3 is 1. The third-order valence-electron chi connectivity index (χ3n) is 2.87. The van der Waals surface area contributed by atoms with Gasteiger partial charge >= 0.3 is 0 Å². The Morgan fingerprint density at radius 3 is 2.55 bits per heavy atom. The van der Waals surface area contributed by atoms with E-state index >= 15 is 0 Å². The Balaban J connectivity index is 1.94. The molecule has 102 valence electrons. The van der Waals surface area contributed by atoms with E-state index in [0.717, 1.165) is 16.6 Å². The number of ether oxygens (including phenoxy) is 2. The summed E-state index contributed by atoms with van der Waals surface area (Å²) in [5.74, 6) is 1.46. The fourth-order valence-corrected chi connectivity index (χ4v) is 2.15. The number of hydrogen-bond donors (Lipinski definition) is 0. The summed E-state index contributed by atoms with van der Waals surface area (Å²) in [5.41, 5.74) is 1.70. The van der Waals surface area contributed by atoms with Gasteiger partial charge in [-0.15, -0.1) is 0 Å². The Hall–Kier alpha value is -1.99. The average molecular weight is 332 g/mol. The third kappa shape index (κ3) is 3.75. The SMILES string of the molecule is COc1ccc(CCOc2ccc(Br)cc2C#N)cc1. The zero-order chi connectivity index (χ0) is 14.4. The van der Waals surface area contributed by atoms with Gasteiger partial charge < -0.3 is 9.47 Å². The molecule has 0 aromatic heterocycles. The van der Waals surface area contributed by atoms with Crippen LogP contribution in [0.4, 0.5) is 0 Å². The van der Waals surface area contributed by atoms with Crippen molar-refractivity contribution in [1.29, 1.82) is 5.26 Å². The summed E-state index contributed by atoms with van der Waals surface area (Å²) in [5, 5.41) is 9.05. The molecule has 3 nitrogen and oxygen atoms in total. The fourth-order valence-electron chi connectivity index (χ4n) is 1.79. The molecule has 4 heteroatoms. The van der Waals surface area contributed by atoms with Crippen molar-refractivity contribution in [2.75, 3.05) is 13.7 Å². The average Bonchev–Trinajstić information content (AvgIpc) is 2.49. The smallest absolute Gasteiger partial charge is 0.137 e. The van der Waals surface area contributed by atoms with Crippen molar-refractivity contribution in [2.45, 2.75) is 6.42 Å². The molecule has 0 aliphatic carbocycles. The van der Waals surface area contributed by atoms with Gasteiger partial charge in [-0.2, -0.15) is 5.26 Å². The van der Waals surface area contributed by atoms with E-state index in [9.17, 15) is 0 Å². The molecule has 20 heavy (non-hydrogen) atoms. The summed E-state index contributed by atoms with van der Waals surface area (Å²) in [7, 11) is 1.65. The van der Waals surface area contributed by atoms with E-state index in [0.29, 0.717) is 17.9 Å². The predicted molar refractivity (Wildman–Crippen MR) is 81.1 cm³/mol. The maximum atomic E-state index is 9.05. The summed E-state index contributed by atoms with van der Waals surface area (Å²) in [4.78, 5) is 0. The second-order valence-corrected chi connectivity index (χ2v) is 5.11. The van der Waals surface area contributed by atoms with Gasteiger partial charge in [-0.25, -0.2) is 0 Å². The van der Waals surface area contributed by atoms with Crippen molar-refractivity contribution in [3.63, 3.8) is 0 Å². The second kappa shape index (κ2) is 6.97. The molecular formula is C16H14BrNO2. The normalized spacial score (nSPS) is 9.85. The van der Waals surface area contributed by atoms with Crippen molar-refractivity contribution in [2.24, 2.45) is 0 Å². The van der Waals surface area contributed by atoms with Gasteiger partial charge in [-0.05, 0) is 35.9 Å². The van der Waals surface area contributed by atoms with E-state index in [-0.39, 0.29) is 0 Å². The van der Waals surface area contributed by atoms with Gasteiger partial charge in [0.05, 0.1) is 19.3 Å². The first-order chi connectivity index (χ1) is 9.72. The number of hydrogen-bond acceptors (Lipinski definition) is 3. The van der Waals surface area contributed by atoms with Crippen LogP contribution in [0.1, 0.15) is 11.1 Å². The molecule has 0 saturated heterocycles. The van der Waals surface area contributed by atoms with Gasteiger partial charge in [0.2, 0.25) is 0 Å². The van der Waals surface area contributed by atoms with Gasteiger partial charge in [-0.3, -0.25) is 0 Å². The maximum absolute atomic E-state index is 9.05. The predicted octanol–water partition coefficient (Wildman–Crippen LogP) is 3.95. The Morgan fingerprint density at radius 1 is 1.15 bits per heavy atom. The van der Waals surface area contributed by atoms with Crippen LogP contribution in [0, 0.1) is 11.3 Å². The topological polar surface area (TPSA) is 42.2 Å². The molecule has 0 radical (unpaired) electrons. The van der Waals surface area contributed by atoms with E-state index < -0.39 is 0 Å². The Labute approximate surface area is 126 Å². The molecule has 2 rings (SSSR count). The van der Waals surface area contributed by atoms with E-state index in [1.54, 1.807) is 19.2 Å². The van der Waals surface area contributed by atoms with Crippen molar-refractivity contribution in [3.05, 3.63) is 58.1 Å². The Morgan fingerprint density at radius 2 is 1.90 bits per heavy atom. The molecule has 2 aromatic rings. The van der Waals surface area contributed by atoms with Crippen molar-refractivity contribution in [3.8, 4) is 17.6 Å². The molecule has 0 aliphatic rings. The lowest BCUT2D eigenvalue weighted by Crippen LogP contribution is -2.02. The van der Waals surface area contributed by atoms with Crippen LogP contribution in [0.5, 0.6) is 11.5 Å². The van der Waals surface area contributed by atoms with Crippen LogP contribution in [0.2, 0.25) is 0 Å². The molecule has 0 atom stereocenters. The lowest BCUT2D eigenvalue weighted by molar-refractivity contribution is 0.321. The summed E-state index contributed by atoms with van der Waals surface area (Å²) >= 11 is 3.34. The quantitative estimate of drug-likeness (QED) is 0.833. The monoisotopic (exact) mass is 331 g/mol. The molecule has 2 aromatic carbocycles. The molecule has 0 bridgehead atoms. The number of halogens is 1. The number of benzene rings is 2. The lowest BCUT2D eigenvalue weighted by atomic mass is 10.1. The van der Waals surface area contributed by atoms with Crippen LogP contribution in [-0.2, 0) is 6.42 Å². The molecule has 0 aliphatic heterocycles. The molecular weight excluding hydrogens is 318 g/mol. The number of nitriles is 1. The molecule has 0 unspecified atom stereocenters. The molecule has 0 amide bonds. The van der Waals surface area contributed by atoms with Crippen LogP contribution in [0.3, 0.4) is 0 Å². The summed E-state index contributed by atoms with van der Waals surface area (Å²) < 4.78 is 11.7. The molecule has 0 N–H and O–H groups in total. The van der Waals surface area contributed by atoms with E-state index in [1.807, 2.05) is 30.3 Å². The zero-order valence-electron chi connectivity index (χ0n) is 11.1. The molecule has 0 spiro atoms. The maximum Gasteiger partial charge on any atom is 0.137 e. The van der Waals surface area contributed by atoms with Crippen LogP contribution in [0.25, 0.3) is 0 Å². The Kier molecular flexibility index (Phi) is 5.03. The third-order valence-corrected chi connectivity index (χ3v) is 3.36. The highest BCUT2D eigenvalue weighted by atomic mass is 79.9. The van der Waals surface area contributed by atoms with Gasteiger partial charge in [0.25, 0.3) is 0 Å². The number of nitrogens with zero attached hydrogens (tertiary/aromatic N) is 1. The Bertz CT molecular complexity index is 617. The minimum Gasteiger partial charge on any atom is -0.497 e. The van der Waals surface area contributed by atoms with Crippen LogP contribution in [-0.4, -0.2) is 13.7 Å². The standard InChI is InChI=1S/C16H14BrNO2/c1-19-15-5-2-12(3-6-15)8-9-20-16-7-4-14(17)10-13(16)11-18/h2-7,10H,8-9H2,1H3. The van der Waals surface area contributed by atoms with Crippen molar-refractivity contribution >= 4 is 15.9 Å². The summed E-state index contributed by atoms with van der Waals surface area (Å²) in [6.45, 7) is 0.530. The highest BCUT2D eigenvalue weighted by Crippen LogP contribution is 2.22. The first-order valence-corrected chi connectivity index (χ1v) is 6.97. The van der Waals surface area contributed by atoms with Gasteiger partial charge in [0.1, 0.15) is 17.6 Å². The molecule has 0 heterocycles.